The van der Waals surface area contributed by atoms with Crippen LogP contribution in [0.15, 0.2) is 68.2 Å². The Morgan fingerprint density at radius 3 is 2.38 bits per heavy atom. The molecule has 7 nitrogen and oxygen atoms in total. The lowest BCUT2D eigenvalue weighted by Crippen LogP contribution is -2.23. The zero-order chi connectivity index (χ0) is 19.2. The number of nitrogens with zero attached hydrogens (tertiary/aromatic N) is 2. The zero-order valence-electron chi connectivity index (χ0n) is 13.8. The van der Waals surface area contributed by atoms with Crippen molar-refractivity contribution in [2.45, 2.75) is 22.2 Å². The van der Waals surface area contributed by atoms with Crippen molar-refractivity contribution in [1.82, 2.24) is 0 Å². The highest BCUT2D eigenvalue weighted by Crippen LogP contribution is 2.28. The standard InChI is InChI=1S/C16H17ClN2O5S2/c1-2-24-16(12-17)25(15-11-7-6-10-14(15)19(20)21)18-26(22,23)13-8-4-3-5-9-13/h3-11,16H,2,12H2,1H3/t16-,25?/m1/s1. The van der Waals surface area contributed by atoms with Crippen molar-refractivity contribution in [3.63, 3.8) is 0 Å². The molecule has 140 valence electrons. The predicted octanol–water partition coefficient (Wildman–Crippen LogP) is 3.75. The first-order valence-electron chi connectivity index (χ1n) is 7.58. The Labute approximate surface area is 159 Å². The molecule has 0 aliphatic carbocycles. The molecule has 26 heavy (non-hydrogen) atoms. The van der Waals surface area contributed by atoms with Gasteiger partial charge in [0, 0.05) is 12.7 Å². The first-order chi connectivity index (χ1) is 12.4. The number of hydrogen-bond donors (Lipinski definition) is 0. The van der Waals surface area contributed by atoms with E-state index in [0.717, 1.165) is 0 Å². The summed E-state index contributed by atoms with van der Waals surface area (Å²) in [5, 5.41) is 11.4. The fourth-order valence-corrected chi connectivity index (χ4v) is 6.20. The number of hydrogen-bond acceptors (Lipinski definition) is 5. The Balaban J connectivity index is 2.68. The normalized spacial score (nSPS) is 14.1. The molecule has 0 saturated heterocycles. The first kappa shape index (κ1) is 20.5. The second-order valence-corrected chi connectivity index (χ2v) is 8.86. The minimum atomic E-state index is -4.05. The van der Waals surface area contributed by atoms with Crippen molar-refractivity contribution in [1.29, 1.82) is 0 Å². The van der Waals surface area contributed by atoms with Crippen LogP contribution in [0.4, 0.5) is 5.69 Å². The summed E-state index contributed by atoms with van der Waals surface area (Å²) in [6.07, 6.45) is 0. The fraction of sp³-hybridized carbons (Fsp3) is 0.250. The summed E-state index contributed by atoms with van der Waals surface area (Å²) in [6, 6.07) is 13.5. The third kappa shape index (κ3) is 4.88. The minimum absolute atomic E-state index is 0.000838. The van der Waals surface area contributed by atoms with Crippen LogP contribution in [0, 0.1) is 10.1 Å². The summed E-state index contributed by atoms with van der Waals surface area (Å²) >= 11 is 5.96. The maximum absolute atomic E-state index is 12.7. The van der Waals surface area contributed by atoms with Crippen molar-refractivity contribution >= 4 is 38.0 Å². The predicted molar refractivity (Wildman–Crippen MR) is 101 cm³/mol. The molecule has 0 radical (unpaired) electrons. The Hall–Kier alpha value is -1.81. The van der Waals surface area contributed by atoms with Crippen molar-refractivity contribution in [3.8, 4) is 0 Å². The second-order valence-electron chi connectivity index (χ2n) is 4.94. The van der Waals surface area contributed by atoms with Crippen LogP contribution in [0.3, 0.4) is 0 Å². The number of para-hydroxylation sites is 1. The monoisotopic (exact) mass is 416 g/mol. The molecule has 0 bridgehead atoms. The molecule has 0 fully saturated rings. The van der Waals surface area contributed by atoms with Crippen molar-refractivity contribution in [2.24, 2.45) is 3.77 Å². The number of nitro benzene ring substituents is 1. The lowest BCUT2D eigenvalue weighted by molar-refractivity contribution is -0.387. The molecule has 0 aliphatic heterocycles. The molecule has 2 rings (SSSR count). The number of sulfonamides is 1. The van der Waals surface area contributed by atoms with E-state index in [2.05, 4.69) is 3.77 Å². The van der Waals surface area contributed by atoms with Crippen LogP contribution < -0.4 is 0 Å². The number of nitro groups is 1. The molecule has 0 aromatic heterocycles. The molecule has 2 aromatic carbocycles. The van der Waals surface area contributed by atoms with E-state index in [4.69, 9.17) is 16.3 Å². The third-order valence-electron chi connectivity index (χ3n) is 3.23. The van der Waals surface area contributed by atoms with Crippen LogP contribution in [-0.2, 0) is 25.5 Å². The summed E-state index contributed by atoms with van der Waals surface area (Å²) < 4.78 is 34.9. The molecule has 1 unspecified atom stereocenters. The first-order valence-corrected chi connectivity index (χ1v) is 10.8. The Morgan fingerprint density at radius 2 is 1.81 bits per heavy atom. The van der Waals surface area contributed by atoms with E-state index in [1.54, 1.807) is 31.2 Å². The van der Waals surface area contributed by atoms with Gasteiger partial charge in [-0.25, -0.2) is 0 Å². The highest BCUT2D eigenvalue weighted by Gasteiger charge is 2.26. The van der Waals surface area contributed by atoms with Crippen LogP contribution >= 0.6 is 11.6 Å². The number of ether oxygens (including phenoxy) is 1. The minimum Gasteiger partial charge on any atom is -0.365 e. The van der Waals surface area contributed by atoms with Gasteiger partial charge < -0.3 is 4.74 Å². The molecule has 0 saturated carbocycles. The highest BCUT2D eigenvalue weighted by molar-refractivity contribution is 8.00. The van der Waals surface area contributed by atoms with Crippen molar-refractivity contribution < 1.29 is 18.1 Å². The van der Waals surface area contributed by atoms with E-state index in [0.29, 0.717) is 0 Å². The van der Waals surface area contributed by atoms with E-state index >= 15 is 0 Å². The molecular formula is C16H17ClN2O5S2. The topological polar surface area (TPSA) is 98.9 Å². The summed E-state index contributed by atoms with van der Waals surface area (Å²) in [4.78, 5) is 11.0. The van der Waals surface area contributed by atoms with Crippen molar-refractivity contribution in [3.05, 3.63) is 64.7 Å². The van der Waals surface area contributed by atoms with Gasteiger partial charge in [0.2, 0.25) is 0 Å². The van der Waals surface area contributed by atoms with Crippen LogP contribution in [0.25, 0.3) is 0 Å². The molecule has 0 N–H and O–H groups in total. The molecular weight excluding hydrogens is 400 g/mol. The average Bonchev–Trinajstić information content (AvgIpc) is 2.65. The van der Waals surface area contributed by atoms with Crippen LogP contribution in [-0.4, -0.2) is 31.3 Å². The molecule has 0 amide bonds. The summed E-state index contributed by atoms with van der Waals surface area (Å²) in [7, 11) is -5.53. The Bertz CT molecular complexity index is 904. The molecule has 0 heterocycles. The zero-order valence-corrected chi connectivity index (χ0v) is 16.2. The van der Waals surface area contributed by atoms with Gasteiger partial charge in [-0.15, -0.1) is 15.4 Å². The summed E-state index contributed by atoms with van der Waals surface area (Å²) in [5.41, 5.74) is -1.03. The van der Waals surface area contributed by atoms with E-state index in [1.807, 2.05) is 0 Å². The molecule has 0 spiro atoms. The molecule has 2 aromatic rings. The van der Waals surface area contributed by atoms with Crippen LogP contribution in [0.2, 0.25) is 0 Å². The molecule has 2 atom stereocenters. The summed E-state index contributed by atoms with van der Waals surface area (Å²) in [5.74, 6) is -0.0587. The summed E-state index contributed by atoms with van der Waals surface area (Å²) in [6.45, 7) is 1.99. The van der Waals surface area contributed by atoms with E-state index < -0.39 is 31.1 Å². The number of benzene rings is 2. The van der Waals surface area contributed by atoms with Crippen molar-refractivity contribution in [2.75, 3.05) is 12.5 Å². The Kier molecular flexibility index (Phi) is 7.27. The third-order valence-corrected chi connectivity index (χ3v) is 7.59. The number of halogens is 1. The van der Waals surface area contributed by atoms with Gasteiger partial charge in [-0.3, -0.25) is 10.1 Å². The van der Waals surface area contributed by atoms with Gasteiger partial charge >= 0.3 is 0 Å². The Morgan fingerprint density at radius 1 is 1.19 bits per heavy atom. The lowest BCUT2D eigenvalue weighted by Gasteiger charge is -2.18. The van der Waals surface area contributed by atoms with Gasteiger partial charge in [-0.1, -0.05) is 30.3 Å². The maximum atomic E-state index is 12.7. The van der Waals surface area contributed by atoms with Gasteiger partial charge in [-0.2, -0.15) is 8.42 Å². The smallest absolute Gasteiger partial charge is 0.288 e. The number of rotatable bonds is 8. The molecule has 0 aliphatic rings. The fourth-order valence-electron chi connectivity index (χ4n) is 2.11. The van der Waals surface area contributed by atoms with E-state index in [1.165, 1.54) is 30.3 Å². The average molecular weight is 417 g/mol. The van der Waals surface area contributed by atoms with Gasteiger partial charge in [0.25, 0.3) is 15.7 Å². The number of alkyl halides is 1. The maximum Gasteiger partial charge on any atom is 0.288 e. The quantitative estimate of drug-likeness (QED) is 0.370. The van der Waals surface area contributed by atoms with Crippen LogP contribution in [0.1, 0.15) is 6.92 Å². The van der Waals surface area contributed by atoms with Crippen LogP contribution in [0.5, 0.6) is 0 Å². The van der Waals surface area contributed by atoms with Gasteiger partial charge in [0.05, 0.1) is 20.6 Å². The van der Waals surface area contributed by atoms with Gasteiger partial charge in [-0.05, 0) is 35.8 Å². The van der Waals surface area contributed by atoms with E-state index in [-0.39, 0.29) is 28.0 Å². The second kappa shape index (κ2) is 9.22. The lowest BCUT2D eigenvalue weighted by atomic mass is 10.3. The highest BCUT2D eigenvalue weighted by atomic mass is 35.5. The van der Waals surface area contributed by atoms with E-state index in [9.17, 15) is 18.5 Å². The van der Waals surface area contributed by atoms with Gasteiger partial charge in [0.15, 0.2) is 0 Å². The SMILES string of the molecule is CCO[C@@H](CCl)S(=NS(=O)(=O)c1ccccc1)c1ccccc1[N+](=O)[O-]. The van der Waals surface area contributed by atoms with Gasteiger partial charge in [0.1, 0.15) is 5.44 Å². The molecule has 10 heteroatoms. The largest absolute Gasteiger partial charge is 0.365 e.